The van der Waals surface area contributed by atoms with E-state index in [1.165, 1.54) is 0 Å². The lowest BCUT2D eigenvalue weighted by Gasteiger charge is -2.13. The number of hydrogen-bond acceptors (Lipinski definition) is 3. The Labute approximate surface area is 81.2 Å². The van der Waals surface area contributed by atoms with Gasteiger partial charge in [-0.25, -0.2) is 4.39 Å². The second kappa shape index (κ2) is 7.06. The number of rotatable bonds is 7. The Morgan fingerprint density at radius 3 is 2.62 bits per heavy atom. The van der Waals surface area contributed by atoms with Crippen LogP contribution in [0.15, 0.2) is 0 Å². The highest BCUT2D eigenvalue weighted by atomic mass is 35.5. The van der Waals surface area contributed by atoms with Crippen LogP contribution in [-0.4, -0.2) is 29.4 Å². The van der Waals surface area contributed by atoms with Gasteiger partial charge in [0.05, 0.1) is 0 Å². The number of aliphatic carboxylic acids is 1. The molecule has 0 heterocycles. The molecule has 0 saturated heterocycles. The zero-order valence-electron chi connectivity index (χ0n) is 7.17. The van der Waals surface area contributed by atoms with Gasteiger partial charge in [-0.2, -0.15) is 0 Å². The molecule has 0 aliphatic carbocycles. The van der Waals surface area contributed by atoms with Gasteiger partial charge < -0.3 is 10.8 Å². The highest BCUT2D eigenvalue weighted by Gasteiger charge is 2.18. The molecule has 0 aliphatic rings. The average molecular weight is 213 g/mol. The predicted molar refractivity (Wildman–Crippen MR) is 48.2 cm³/mol. The maximum Gasteiger partial charge on any atom is 0.320 e. The van der Waals surface area contributed by atoms with Gasteiger partial charge in [-0.15, -0.1) is 0 Å². The molecule has 0 aliphatic heterocycles. The summed E-state index contributed by atoms with van der Waals surface area (Å²) in [6.45, 7) is 0.506. The van der Waals surface area contributed by atoms with E-state index in [0.717, 1.165) is 6.42 Å². The van der Waals surface area contributed by atoms with Gasteiger partial charge in [0.25, 0.3) is 0 Å². The van der Waals surface area contributed by atoms with Gasteiger partial charge >= 0.3 is 5.97 Å². The summed E-state index contributed by atoms with van der Waals surface area (Å²) in [5.41, 5.74) is 5.22. The number of halogens is 2. The number of alkyl halides is 2. The van der Waals surface area contributed by atoms with Crippen molar-refractivity contribution in [2.45, 2.75) is 31.1 Å². The van der Waals surface area contributed by atoms with Crippen molar-refractivity contribution in [3.05, 3.63) is 0 Å². The number of nitrogens with one attached hydrogen (secondary N) is 1. The second-order valence-electron chi connectivity index (χ2n) is 2.64. The fourth-order valence-corrected chi connectivity index (χ4v) is 1.08. The summed E-state index contributed by atoms with van der Waals surface area (Å²) >= 11 is 4.96. The van der Waals surface area contributed by atoms with Gasteiger partial charge in [-0.05, 0) is 19.4 Å². The Kier molecular flexibility index (Phi) is 6.84. The summed E-state index contributed by atoms with van der Waals surface area (Å²) in [7, 11) is 0. The van der Waals surface area contributed by atoms with Crippen molar-refractivity contribution in [2.75, 3.05) is 6.54 Å². The molecule has 78 valence electrons. The van der Waals surface area contributed by atoms with Crippen LogP contribution in [-0.2, 0) is 4.79 Å². The zero-order chi connectivity index (χ0) is 10.3. The maximum atomic E-state index is 12.2. The smallest absolute Gasteiger partial charge is 0.320 e. The third-order valence-electron chi connectivity index (χ3n) is 1.57. The van der Waals surface area contributed by atoms with E-state index in [0.29, 0.717) is 19.4 Å². The minimum absolute atomic E-state index is 0.333. The Morgan fingerprint density at radius 2 is 2.23 bits per heavy atom. The molecule has 13 heavy (non-hydrogen) atoms. The Balaban J connectivity index is 3.74. The van der Waals surface area contributed by atoms with E-state index >= 15 is 0 Å². The van der Waals surface area contributed by atoms with E-state index in [2.05, 4.69) is 5.32 Å². The highest BCUT2D eigenvalue weighted by molar-refractivity contribution is 6.19. The lowest BCUT2D eigenvalue weighted by atomic mass is 10.1. The minimum atomic E-state index is -1.82. The average Bonchev–Trinajstić information content (AvgIpc) is 2.02. The fraction of sp³-hybridized carbons (Fsp3) is 0.857. The molecule has 4 N–H and O–H groups in total. The molecular formula is C7H14ClFN2O2. The standard InChI is InChI=1S/C7H14ClFN2O2/c8-7(9)11-5(6(12)13)3-1-2-4-10/h5,7,11H,1-4,10H2,(H,12,13). The highest BCUT2D eigenvalue weighted by Crippen LogP contribution is 2.03. The fourth-order valence-electron chi connectivity index (χ4n) is 0.923. The molecular weight excluding hydrogens is 199 g/mol. The zero-order valence-corrected chi connectivity index (χ0v) is 7.93. The van der Waals surface area contributed by atoms with Crippen LogP contribution in [0.25, 0.3) is 0 Å². The van der Waals surface area contributed by atoms with Gasteiger partial charge in [-0.3, -0.25) is 10.1 Å². The van der Waals surface area contributed by atoms with Gasteiger partial charge in [0.1, 0.15) is 6.04 Å². The molecule has 0 aromatic carbocycles. The van der Waals surface area contributed by atoms with Crippen LogP contribution < -0.4 is 11.1 Å². The van der Waals surface area contributed by atoms with Crippen molar-refractivity contribution in [1.82, 2.24) is 5.32 Å². The molecule has 0 radical (unpaired) electrons. The molecule has 0 saturated carbocycles. The summed E-state index contributed by atoms with van der Waals surface area (Å²) < 4.78 is 12.2. The first-order valence-electron chi connectivity index (χ1n) is 4.05. The molecule has 2 atom stereocenters. The first kappa shape index (κ1) is 12.6. The largest absolute Gasteiger partial charge is 0.480 e. The van der Waals surface area contributed by atoms with Crippen LogP contribution in [0.4, 0.5) is 4.39 Å². The van der Waals surface area contributed by atoms with Crippen molar-refractivity contribution in [3.63, 3.8) is 0 Å². The van der Waals surface area contributed by atoms with Crippen LogP contribution in [0.1, 0.15) is 19.3 Å². The SMILES string of the molecule is NCCCCC(NC(F)Cl)C(=O)O. The summed E-state index contributed by atoms with van der Waals surface area (Å²) in [5.74, 6) is -2.92. The summed E-state index contributed by atoms with van der Waals surface area (Å²) in [5, 5.41) is 10.7. The van der Waals surface area contributed by atoms with Crippen LogP contribution >= 0.6 is 11.6 Å². The Morgan fingerprint density at radius 1 is 1.62 bits per heavy atom. The summed E-state index contributed by atoms with van der Waals surface area (Å²) in [4.78, 5) is 10.5. The predicted octanol–water partition coefficient (Wildman–Crippen LogP) is 0.650. The van der Waals surface area contributed by atoms with E-state index in [9.17, 15) is 9.18 Å². The van der Waals surface area contributed by atoms with Crippen molar-refractivity contribution >= 4 is 17.6 Å². The number of carboxylic acids is 1. The van der Waals surface area contributed by atoms with Crippen LogP contribution in [0, 0.1) is 0 Å². The van der Waals surface area contributed by atoms with E-state index in [1.807, 2.05) is 0 Å². The molecule has 2 unspecified atom stereocenters. The van der Waals surface area contributed by atoms with Gasteiger partial charge in [0.15, 0.2) is 0 Å². The monoisotopic (exact) mass is 212 g/mol. The van der Waals surface area contributed by atoms with Crippen LogP contribution in [0.2, 0.25) is 0 Å². The van der Waals surface area contributed by atoms with E-state index < -0.39 is 17.8 Å². The number of carboxylic acid groups (broad SMARTS) is 1. The third kappa shape index (κ3) is 6.74. The summed E-state index contributed by atoms with van der Waals surface area (Å²) in [6.07, 6.45) is 1.70. The third-order valence-corrected chi connectivity index (χ3v) is 1.70. The molecule has 0 bridgehead atoms. The van der Waals surface area contributed by atoms with Crippen molar-refractivity contribution in [1.29, 1.82) is 0 Å². The topological polar surface area (TPSA) is 75.3 Å². The normalized spacial score (nSPS) is 15.3. The van der Waals surface area contributed by atoms with E-state index in [1.54, 1.807) is 0 Å². The summed E-state index contributed by atoms with van der Waals surface area (Å²) in [6, 6.07) is -0.931. The molecule has 0 aromatic rings. The second-order valence-corrected chi connectivity index (χ2v) is 3.03. The number of nitrogens with two attached hydrogens (primary N) is 1. The molecule has 0 fully saturated rings. The van der Waals surface area contributed by atoms with Crippen molar-refractivity contribution in [3.8, 4) is 0 Å². The first-order chi connectivity index (χ1) is 6.07. The molecule has 0 spiro atoms. The van der Waals surface area contributed by atoms with Gasteiger partial charge in [0.2, 0.25) is 5.75 Å². The number of hydrogen-bond donors (Lipinski definition) is 3. The minimum Gasteiger partial charge on any atom is -0.480 e. The Hall–Kier alpha value is -0.390. The molecule has 6 heteroatoms. The van der Waals surface area contributed by atoms with Crippen LogP contribution in [0.5, 0.6) is 0 Å². The van der Waals surface area contributed by atoms with Crippen molar-refractivity contribution < 1.29 is 14.3 Å². The number of unbranched alkanes of at least 4 members (excludes halogenated alkanes) is 1. The quantitative estimate of drug-likeness (QED) is 0.329. The number of carbonyl (C=O) groups is 1. The lowest BCUT2D eigenvalue weighted by molar-refractivity contribution is -0.140. The first-order valence-corrected chi connectivity index (χ1v) is 4.48. The molecule has 4 nitrogen and oxygen atoms in total. The Bertz CT molecular complexity index is 157. The van der Waals surface area contributed by atoms with E-state index in [-0.39, 0.29) is 0 Å². The van der Waals surface area contributed by atoms with Gasteiger partial charge in [-0.1, -0.05) is 18.0 Å². The molecule has 0 aromatic heterocycles. The lowest BCUT2D eigenvalue weighted by Crippen LogP contribution is -2.39. The van der Waals surface area contributed by atoms with Crippen molar-refractivity contribution in [2.24, 2.45) is 5.73 Å². The van der Waals surface area contributed by atoms with E-state index in [4.69, 9.17) is 22.4 Å². The molecule has 0 amide bonds. The van der Waals surface area contributed by atoms with Gasteiger partial charge in [0, 0.05) is 0 Å². The maximum absolute atomic E-state index is 12.2. The van der Waals surface area contributed by atoms with Crippen LogP contribution in [0.3, 0.4) is 0 Å². The molecule has 0 rings (SSSR count).